The number of likely N-dealkylation sites (tertiary alicyclic amines) is 1. The zero-order valence-electron chi connectivity index (χ0n) is 12.8. The Morgan fingerprint density at radius 3 is 2.50 bits per heavy atom. The Labute approximate surface area is 121 Å². The molecule has 0 spiro atoms. The second-order valence-electron chi connectivity index (χ2n) is 7.90. The van der Waals surface area contributed by atoms with Gasteiger partial charge >= 0.3 is 0 Å². The molecule has 1 aliphatic carbocycles. The molecule has 0 aromatic carbocycles. The van der Waals surface area contributed by atoms with E-state index in [0.717, 1.165) is 19.3 Å². The average Bonchev–Trinajstić information content (AvgIpc) is 2.55. The van der Waals surface area contributed by atoms with Crippen molar-refractivity contribution in [1.82, 2.24) is 4.90 Å². The van der Waals surface area contributed by atoms with Gasteiger partial charge in [0, 0.05) is 25.6 Å². The van der Waals surface area contributed by atoms with Crippen LogP contribution in [0, 0.1) is 16.7 Å². The third kappa shape index (κ3) is 3.32. The van der Waals surface area contributed by atoms with Crippen molar-refractivity contribution in [2.45, 2.75) is 52.5 Å². The minimum atomic E-state index is -0.369. The number of primary amides is 1. The fraction of sp³-hybridized carbons (Fsp3) is 0.867. The third-order valence-corrected chi connectivity index (χ3v) is 4.66. The molecule has 3 unspecified atom stereocenters. The molecule has 4 N–H and O–H groups in total. The first-order valence-corrected chi connectivity index (χ1v) is 7.43. The molecule has 5 heteroatoms. The molecule has 0 bridgehead atoms. The van der Waals surface area contributed by atoms with Gasteiger partial charge in [-0.05, 0) is 30.1 Å². The normalized spacial score (nSPS) is 37.2. The lowest BCUT2D eigenvalue weighted by Crippen LogP contribution is -2.48. The number of hydrogen-bond donors (Lipinski definition) is 2. The summed E-state index contributed by atoms with van der Waals surface area (Å²) in [5.41, 5.74) is 11.7. The SMILES string of the molecule is CC1(C)CC(N)CC(C)(CN2CC(C(N)=O)CC2=O)C1. The molecular formula is C15H27N3O2. The Bertz CT molecular complexity index is 421. The minimum Gasteiger partial charge on any atom is -0.369 e. The summed E-state index contributed by atoms with van der Waals surface area (Å²) in [6.45, 7) is 7.84. The van der Waals surface area contributed by atoms with Crippen LogP contribution in [-0.4, -0.2) is 35.8 Å². The van der Waals surface area contributed by atoms with Crippen molar-refractivity contribution in [1.29, 1.82) is 0 Å². The van der Waals surface area contributed by atoms with Crippen LogP contribution in [0.15, 0.2) is 0 Å². The quantitative estimate of drug-likeness (QED) is 0.804. The average molecular weight is 281 g/mol. The molecule has 2 fully saturated rings. The predicted molar refractivity (Wildman–Crippen MR) is 77.6 cm³/mol. The van der Waals surface area contributed by atoms with Crippen molar-refractivity contribution in [2.75, 3.05) is 13.1 Å². The van der Waals surface area contributed by atoms with Gasteiger partial charge in [0.1, 0.15) is 0 Å². The first kappa shape index (κ1) is 15.3. The maximum Gasteiger partial charge on any atom is 0.223 e. The summed E-state index contributed by atoms with van der Waals surface area (Å²) in [5.74, 6) is -0.643. The molecule has 1 saturated carbocycles. The number of carbonyl (C=O) groups excluding carboxylic acids is 2. The highest BCUT2D eigenvalue weighted by atomic mass is 16.2. The highest BCUT2D eigenvalue weighted by molar-refractivity contribution is 5.88. The van der Waals surface area contributed by atoms with Gasteiger partial charge in [-0.3, -0.25) is 9.59 Å². The molecule has 2 amide bonds. The van der Waals surface area contributed by atoms with Crippen LogP contribution in [-0.2, 0) is 9.59 Å². The number of amides is 2. The van der Waals surface area contributed by atoms with Crippen molar-refractivity contribution >= 4 is 11.8 Å². The highest BCUT2D eigenvalue weighted by Gasteiger charge is 2.43. The van der Waals surface area contributed by atoms with E-state index in [-0.39, 0.29) is 41.0 Å². The topological polar surface area (TPSA) is 89.4 Å². The second-order valence-corrected chi connectivity index (χ2v) is 7.90. The lowest BCUT2D eigenvalue weighted by Gasteiger charge is -2.47. The first-order valence-electron chi connectivity index (χ1n) is 7.43. The third-order valence-electron chi connectivity index (χ3n) is 4.66. The summed E-state index contributed by atoms with van der Waals surface area (Å²) in [6, 6.07) is 0.188. The molecule has 1 aliphatic heterocycles. The summed E-state index contributed by atoms with van der Waals surface area (Å²) in [6.07, 6.45) is 3.28. The van der Waals surface area contributed by atoms with E-state index in [9.17, 15) is 9.59 Å². The van der Waals surface area contributed by atoms with Crippen molar-refractivity contribution in [3.63, 3.8) is 0 Å². The van der Waals surface area contributed by atoms with Crippen molar-refractivity contribution in [3.05, 3.63) is 0 Å². The molecular weight excluding hydrogens is 254 g/mol. The summed E-state index contributed by atoms with van der Waals surface area (Å²) in [4.78, 5) is 25.1. The van der Waals surface area contributed by atoms with E-state index in [1.165, 1.54) is 0 Å². The summed E-state index contributed by atoms with van der Waals surface area (Å²) in [5, 5.41) is 0. The molecule has 1 heterocycles. The van der Waals surface area contributed by atoms with E-state index < -0.39 is 0 Å². The number of rotatable bonds is 3. The standard InChI is InChI=1S/C15H27N3O2/c1-14(2)5-11(16)6-15(3,8-14)9-18-7-10(13(17)20)4-12(18)19/h10-11H,4-9,16H2,1-3H3,(H2,17,20). The Kier molecular flexibility index (Phi) is 3.84. The fourth-order valence-electron chi connectivity index (χ4n) is 4.41. The second kappa shape index (κ2) is 5.02. The monoisotopic (exact) mass is 281 g/mol. The molecule has 2 rings (SSSR count). The largest absolute Gasteiger partial charge is 0.369 e. The van der Waals surface area contributed by atoms with Crippen molar-refractivity contribution in [3.8, 4) is 0 Å². The Morgan fingerprint density at radius 1 is 1.35 bits per heavy atom. The van der Waals surface area contributed by atoms with Crippen LogP contribution in [0.4, 0.5) is 0 Å². The van der Waals surface area contributed by atoms with Crippen LogP contribution < -0.4 is 11.5 Å². The van der Waals surface area contributed by atoms with Crippen LogP contribution in [0.3, 0.4) is 0 Å². The minimum absolute atomic E-state index is 0.0311. The maximum absolute atomic E-state index is 12.0. The number of carbonyl (C=O) groups is 2. The molecule has 1 saturated heterocycles. The Hall–Kier alpha value is -1.10. The van der Waals surface area contributed by atoms with Crippen LogP contribution in [0.5, 0.6) is 0 Å². The van der Waals surface area contributed by atoms with E-state index >= 15 is 0 Å². The predicted octanol–water partition coefficient (Wildman–Crippen LogP) is 0.864. The van der Waals surface area contributed by atoms with Crippen LogP contribution >= 0.6 is 0 Å². The van der Waals surface area contributed by atoms with Crippen LogP contribution in [0.2, 0.25) is 0 Å². The fourth-order valence-corrected chi connectivity index (χ4v) is 4.41. The van der Waals surface area contributed by atoms with Gasteiger partial charge in [-0.2, -0.15) is 0 Å². The Balaban J connectivity index is 2.05. The summed E-state index contributed by atoms with van der Waals surface area (Å²) >= 11 is 0. The molecule has 0 radical (unpaired) electrons. The van der Waals surface area contributed by atoms with Crippen LogP contribution in [0.25, 0.3) is 0 Å². The number of nitrogens with two attached hydrogens (primary N) is 2. The van der Waals surface area contributed by atoms with Crippen molar-refractivity contribution < 1.29 is 9.59 Å². The molecule has 3 atom stereocenters. The highest BCUT2D eigenvalue weighted by Crippen LogP contribution is 2.46. The zero-order chi connectivity index (χ0) is 15.1. The van der Waals surface area contributed by atoms with Gasteiger partial charge in [-0.1, -0.05) is 20.8 Å². The maximum atomic E-state index is 12.0. The molecule has 0 aromatic rings. The lowest BCUT2D eigenvalue weighted by atomic mass is 9.62. The van der Waals surface area contributed by atoms with Gasteiger partial charge in [0.25, 0.3) is 0 Å². The first-order chi connectivity index (χ1) is 9.10. The Morgan fingerprint density at radius 2 is 2.00 bits per heavy atom. The van der Waals surface area contributed by atoms with E-state index in [4.69, 9.17) is 11.5 Å². The van der Waals surface area contributed by atoms with E-state index in [2.05, 4.69) is 20.8 Å². The zero-order valence-corrected chi connectivity index (χ0v) is 12.8. The number of hydrogen-bond acceptors (Lipinski definition) is 3. The van der Waals surface area contributed by atoms with Crippen molar-refractivity contribution in [2.24, 2.45) is 28.2 Å². The summed E-state index contributed by atoms with van der Waals surface area (Å²) < 4.78 is 0. The lowest BCUT2D eigenvalue weighted by molar-refractivity contribution is -0.130. The number of nitrogens with zero attached hydrogens (tertiary/aromatic N) is 1. The smallest absolute Gasteiger partial charge is 0.223 e. The summed E-state index contributed by atoms with van der Waals surface area (Å²) in [7, 11) is 0. The molecule has 0 aromatic heterocycles. The van der Waals surface area contributed by atoms with E-state index in [1.807, 2.05) is 4.90 Å². The van der Waals surface area contributed by atoms with E-state index in [1.54, 1.807) is 0 Å². The van der Waals surface area contributed by atoms with Gasteiger partial charge in [0.05, 0.1) is 5.92 Å². The van der Waals surface area contributed by atoms with Gasteiger partial charge in [-0.25, -0.2) is 0 Å². The van der Waals surface area contributed by atoms with E-state index in [0.29, 0.717) is 13.1 Å². The molecule has 20 heavy (non-hydrogen) atoms. The molecule has 114 valence electrons. The molecule has 2 aliphatic rings. The van der Waals surface area contributed by atoms with Crippen LogP contribution in [0.1, 0.15) is 46.5 Å². The van der Waals surface area contributed by atoms with Gasteiger partial charge in [-0.15, -0.1) is 0 Å². The van der Waals surface area contributed by atoms with Gasteiger partial charge in [0.15, 0.2) is 0 Å². The molecule has 5 nitrogen and oxygen atoms in total. The van der Waals surface area contributed by atoms with Gasteiger partial charge in [0.2, 0.25) is 11.8 Å². The van der Waals surface area contributed by atoms with Gasteiger partial charge < -0.3 is 16.4 Å².